The molecule has 3 rings (SSSR count). The molecule has 23 heavy (non-hydrogen) atoms. The molecule has 1 aliphatic rings. The van der Waals surface area contributed by atoms with Crippen molar-refractivity contribution in [3.63, 3.8) is 0 Å². The van der Waals surface area contributed by atoms with Crippen LogP contribution in [0.4, 0.5) is 0 Å². The fraction of sp³-hybridized carbons (Fsp3) is 0.500. The molecule has 2 heterocycles. The fourth-order valence-corrected chi connectivity index (χ4v) is 3.37. The maximum Gasteiger partial charge on any atom is 0.147 e. The van der Waals surface area contributed by atoms with Crippen molar-refractivity contribution in [1.82, 2.24) is 19.7 Å². The molecule has 0 radical (unpaired) electrons. The van der Waals surface area contributed by atoms with Crippen molar-refractivity contribution in [2.75, 3.05) is 13.1 Å². The summed E-state index contributed by atoms with van der Waals surface area (Å²) in [6.07, 6.45) is 2.48. The van der Waals surface area contributed by atoms with Crippen molar-refractivity contribution in [3.05, 3.63) is 47.0 Å². The SMILES string of the molecule is Cc1nc(C)n(CC2CCCN(Cc3ccc(C#N)cc3)C2)n1. The molecule has 0 saturated carbocycles. The highest BCUT2D eigenvalue weighted by atomic mass is 15.3. The molecule has 5 nitrogen and oxygen atoms in total. The molecule has 1 fully saturated rings. The number of nitriles is 1. The Labute approximate surface area is 137 Å². The van der Waals surface area contributed by atoms with Gasteiger partial charge in [-0.1, -0.05) is 12.1 Å². The minimum atomic E-state index is 0.627. The highest BCUT2D eigenvalue weighted by molar-refractivity contribution is 5.31. The largest absolute Gasteiger partial charge is 0.299 e. The van der Waals surface area contributed by atoms with Gasteiger partial charge < -0.3 is 0 Å². The Morgan fingerprint density at radius 3 is 2.70 bits per heavy atom. The molecule has 5 heteroatoms. The zero-order valence-electron chi connectivity index (χ0n) is 13.9. The van der Waals surface area contributed by atoms with Crippen LogP contribution in [0.1, 0.15) is 35.6 Å². The first-order chi connectivity index (χ1) is 11.1. The van der Waals surface area contributed by atoms with Crippen molar-refractivity contribution in [2.24, 2.45) is 5.92 Å². The summed E-state index contributed by atoms with van der Waals surface area (Å²) in [6, 6.07) is 10.1. The van der Waals surface area contributed by atoms with E-state index in [4.69, 9.17) is 5.26 Å². The van der Waals surface area contributed by atoms with Crippen molar-refractivity contribution in [2.45, 2.75) is 39.8 Å². The quantitative estimate of drug-likeness (QED) is 0.871. The molecule has 0 bridgehead atoms. The summed E-state index contributed by atoms with van der Waals surface area (Å²) in [5.74, 6) is 2.49. The van der Waals surface area contributed by atoms with Gasteiger partial charge in [-0.25, -0.2) is 9.67 Å². The zero-order valence-corrected chi connectivity index (χ0v) is 13.9. The first kappa shape index (κ1) is 15.7. The average Bonchev–Trinajstić information content (AvgIpc) is 2.86. The molecule has 1 unspecified atom stereocenters. The van der Waals surface area contributed by atoms with E-state index >= 15 is 0 Å². The normalized spacial score (nSPS) is 18.7. The predicted molar refractivity (Wildman–Crippen MR) is 88.7 cm³/mol. The van der Waals surface area contributed by atoms with Crippen LogP contribution in [0, 0.1) is 31.1 Å². The van der Waals surface area contributed by atoms with Gasteiger partial charge in [0.1, 0.15) is 11.6 Å². The molecule has 1 atom stereocenters. The maximum absolute atomic E-state index is 8.88. The van der Waals surface area contributed by atoms with Gasteiger partial charge in [0.2, 0.25) is 0 Å². The predicted octanol–water partition coefficient (Wildman–Crippen LogP) is 2.68. The van der Waals surface area contributed by atoms with Crippen molar-refractivity contribution in [3.8, 4) is 6.07 Å². The van der Waals surface area contributed by atoms with Gasteiger partial charge in [-0.2, -0.15) is 10.4 Å². The Bertz CT molecular complexity index is 695. The van der Waals surface area contributed by atoms with Gasteiger partial charge in [-0.3, -0.25) is 4.90 Å². The summed E-state index contributed by atoms with van der Waals surface area (Å²) in [6.45, 7) is 8.12. The summed E-state index contributed by atoms with van der Waals surface area (Å²) in [5.41, 5.74) is 2.00. The van der Waals surface area contributed by atoms with E-state index < -0.39 is 0 Å². The van der Waals surface area contributed by atoms with Crippen LogP contribution in [-0.4, -0.2) is 32.8 Å². The highest BCUT2D eigenvalue weighted by Gasteiger charge is 2.21. The lowest BCUT2D eigenvalue weighted by molar-refractivity contribution is 0.152. The van der Waals surface area contributed by atoms with Crippen LogP contribution < -0.4 is 0 Å². The van der Waals surface area contributed by atoms with Crippen molar-refractivity contribution < 1.29 is 0 Å². The number of likely N-dealkylation sites (tertiary alicyclic amines) is 1. The molecule has 1 aliphatic heterocycles. The molecule has 0 amide bonds. The van der Waals surface area contributed by atoms with E-state index in [1.165, 1.54) is 18.4 Å². The second-order valence-corrected chi connectivity index (χ2v) is 6.44. The lowest BCUT2D eigenvalue weighted by Gasteiger charge is -2.32. The third kappa shape index (κ3) is 3.96. The summed E-state index contributed by atoms with van der Waals surface area (Å²) >= 11 is 0. The fourth-order valence-electron chi connectivity index (χ4n) is 3.37. The number of nitrogens with zero attached hydrogens (tertiary/aromatic N) is 5. The van der Waals surface area contributed by atoms with Crippen LogP contribution >= 0.6 is 0 Å². The van der Waals surface area contributed by atoms with Crippen molar-refractivity contribution in [1.29, 1.82) is 5.26 Å². The Morgan fingerprint density at radius 1 is 1.26 bits per heavy atom. The summed E-state index contributed by atoms with van der Waals surface area (Å²) < 4.78 is 2.05. The number of rotatable bonds is 4. The lowest BCUT2D eigenvalue weighted by atomic mass is 9.97. The van der Waals surface area contributed by atoms with E-state index in [0.29, 0.717) is 5.92 Å². The van der Waals surface area contributed by atoms with E-state index in [-0.39, 0.29) is 0 Å². The van der Waals surface area contributed by atoms with Crippen LogP contribution in [-0.2, 0) is 13.1 Å². The van der Waals surface area contributed by atoms with Crippen LogP contribution in [0.25, 0.3) is 0 Å². The van der Waals surface area contributed by atoms with Crippen molar-refractivity contribution >= 4 is 0 Å². The molecule has 2 aromatic rings. The van der Waals surface area contributed by atoms with E-state index in [0.717, 1.165) is 43.4 Å². The second-order valence-electron chi connectivity index (χ2n) is 6.44. The number of piperidine rings is 1. The molecular weight excluding hydrogens is 286 g/mol. The van der Waals surface area contributed by atoms with Gasteiger partial charge in [0.15, 0.2) is 0 Å². The summed E-state index contributed by atoms with van der Waals surface area (Å²) in [7, 11) is 0. The zero-order chi connectivity index (χ0) is 16.2. The molecular formula is C18H23N5. The van der Waals surface area contributed by atoms with E-state index in [9.17, 15) is 0 Å². The lowest BCUT2D eigenvalue weighted by Crippen LogP contribution is -2.36. The molecule has 0 N–H and O–H groups in total. The molecule has 0 aliphatic carbocycles. The monoisotopic (exact) mass is 309 g/mol. The Kier molecular flexibility index (Phi) is 4.73. The van der Waals surface area contributed by atoms with Gasteiger partial charge >= 0.3 is 0 Å². The van der Waals surface area contributed by atoms with Crippen LogP contribution in [0.3, 0.4) is 0 Å². The second kappa shape index (κ2) is 6.93. The Hall–Kier alpha value is -2.19. The molecule has 1 aromatic heterocycles. The average molecular weight is 309 g/mol. The Balaban J connectivity index is 1.59. The topological polar surface area (TPSA) is 57.7 Å². The Morgan fingerprint density at radius 2 is 2.04 bits per heavy atom. The first-order valence-electron chi connectivity index (χ1n) is 8.23. The summed E-state index contributed by atoms with van der Waals surface area (Å²) in [4.78, 5) is 6.90. The number of benzene rings is 1. The standard InChI is InChI=1S/C18H23N5/c1-14-20-15(2)23(21-14)13-18-4-3-9-22(12-18)11-17-7-5-16(10-19)6-8-17/h5-8,18H,3-4,9,11-13H2,1-2H3. The maximum atomic E-state index is 8.88. The smallest absolute Gasteiger partial charge is 0.147 e. The van der Waals surface area contributed by atoms with E-state index in [1.54, 1.807) is 0 Å². The third-order valence-electron chi connectivity index (χ3n) is 4.49. The van der Waals surface area contributed by atoms with Crippen LogP contribution in [0.15, 0.2) is 24.3 Å². The van der Waals surface area contributed by atoms with Gasteiger partial charge in [0.05, 0.1) is 11.6 Å². The minimum Gasteiger partial charge on any atom is -0.299 e. The van der Waals surface area contributed by atoms with E-state index in [2.05, 4.69) is 33.2 Å². The van der Waals surface area contributed by atoms with Gasteiger partial charge in [-0.15, -0.1) is 0 Å². The van der Waals surface area contributed by atoms with Gasteiger partial charge in [0.25, 0.3) is 0 Å². The number of hydrogen-bond donors (Lipinski definition) is 0. The van der Waals surface area contributed by atoms with E-state index in [1.807, 2.05) is 30.7 Å². The van der Waals surface area contributed by atoms with Crippen LogP contribution in [0.2, 0.25) is 0 Å². The molecule has 0 spiro atoms. The third-order valence-corrected chi connectivity index (χ3v) is 4.49. The highest BCUT2D eigenvalue weighted by Crippen LogP contribution is 2.20. The molecule has 120 valence electrons. The summed E-state index contributed by atoms with van der Waals surface area (Å²) in [5, 5.41) is 13.4. The minimum absolute atomic E-state index is 0.627. The van der Waals surface area contributed by atoms with Crippen LogP contribution in [0.5, 0.6) is 0 Å². The molecule has 1 aromatic carbocycles. The number of aryl methyl sites for hydroxylation is 2. The van der Waals surface area contributed by atoms with Gasteiger partial charge in [-0.05, 0) is 56.8 Å². The number of hydrogen-bond acceptors (Lipinski definition) is 4. The molecule has 1 saturated heterocycles. The number of aromatic nitrogens is 3. The van der Waals surface area contributed by atoms with Gasteiger partial charge in [0, 0.05) is 19.6 Å². The first-order valence-corrected chi connectivity index (χ1v) is 8.23.